The van der Waals surface area contributed by atoms with Gasteiger partial charge >= 0.3 is 5.97 Å². The Bertz CT molecular complexity index is 374. The lowest BCUT2D eigenvalue weighted by Crippen LogP contribution is -2.00. The van der Waals surface area contributed by atoms with Crippen molar-refractivity contribution in [2.75, 3.05) is 19.0 Å². The van der Waals surface area contributed by atoms with Gasteiger partial charge in [0.1, 0.15) is 5.75 Å². The van der Waals surface area contributed by atoms with Gasteiger partial charge in [-0.25, -0.2) is 4.79 Å². The first-order valence-electron chi connectivity index (χ1n) is 5.00. The molecule has 0 saturated heterocycles. The van der Waals surface area contributed by atoms with Crippen LogP contribution in [0.5, 0.6) is 5.75 Å². The van der Waals surface area contributed by atoms with Gasteiger partial charge in [-0.2, -0.15) is 0 Å². The largest absolute Gasteiger partial charge is 0.495 e. The molecule has 0 aromatic heterocycles. The first kappa shape index (κ1) is 12.1. The number of nitrogens with one attached hydrogen (secondary N) is 1. The molecule has 0 bridgehead atoms. The summed E-state index contributed by atoms with van der Waals surface area (Å²) in [5.41, 5.74) is 0.797. The highest BCUT2D eigenvalue weighted by Gasteiger charge is 1.98. The quantitative estimate of drug-likeness (QED) is 0.611. The second kappa shape index (κ2) is 6.50. The summed E-state index contributed by atoms with van der Waals surface area (Å²) >= 11 is 0. The van der Waals surface area contributed by atoms with Crippen LogP contribution in [0.4, 0.5) is 5.69 Å². The molecule has 0 heterocycles. The number of hydrogen-bond acceptors (Lipinski definition) is 4. The minimum Gasteiger partial charge on any atom is -0.495 e. The number of carbonyl (C=O) groups excluding carboxylic acids is 1. The van der Waals surface area contributed by atoms with E-state index in [0.717, 1.165) is 11.4 Å². The summed E-state index contributed by atoms with van der Waals surface area (Å²) in [6.45, 7) is 2.14. The van der Waals surface area contributed by atoms with E-state index in [2.05, 4.69) is 5.32 Å². The van der Waals surface area contributed by atoms with E-state index in [9.17, 15) is 4.79 Å². The van der Waals surface area contributed by atoms with Crippen molar-refractivity contribution >= 4 is 11.7 Å². The van der Waals surface area contributed by atoms with Crippen molar-refractivity contribution in [2.45, 2.75) is 6.92 Å². The van der Waals surface area contributed by atoms with Gasteiger partial charge in [-0.15, -0.1) is 0 Å². The predicted molar refractivity (Wildman–Crippen MR) is 62.4 cm³/mol. The molecule has 16 heavy (non-hydrogen) atoms. The zero-order valence-electron chi connectivity index (χ0n) is 9.40. The molecule has 86 valence electrons. The summed E-state index contributed by atoms with van der Waals surface area (Å²) in [7, 11) is 1.59. The van der Waals surface area contributed by atoms with Crippen LogP contribution in [0.2, 0.25) is 0 Å². The number of benzene rings is 1. The summed E-state index contributed by atoms with van der Waals surface area (Å²) in [6, 6.07) is 7.44. The summed E-state index contributed by atoms with van der Waals surface area (Å²) in [4.78, 5) is 11.0. The van der Waals surface area contributed by atoms with Gasteiger partial charge in [-0.1, -0.05) is 12.1 Å². The second-order valence-corrected chi connectivity index (χ2v) is 2.93. The van der Waals surface area contributed by atoms with Crippen molar-refractivity contribution < 1.29 is 14.3 Å². The molecule has 1 aromatic rings. The van der Waals surface area contributed by atoms with Crippen LogP contribution >= 0.6 is 0 Å². The Hall–Kier alpha value is -1.97. The molecule has 0 unspecified atom stereocenters. The molecule has 1 aromatic carbocycles. The zero-order valence-corrected chi connectivity index (χ0v) is 9.40. The lowest BCUT2D eigenvalue weighted by molar-refractivity contribution is -0.137. The SMILES string of the molecule is CCOC(=O)/C=C/Nc1ccccc1OC. The third-order valence-electron chi connectivity index (χ3n) is 1.85. The van der Waals surface area contributed by atoms with Crippen LogP contribution in [0.25, 0.3) is 0 Å². The molecule has 0 radical (unpaired) electrons. The molecule has 0 amide bonds. The Morgan fingerprint density at radius 3 is 2.88 bits per heavy atom. The van der Waals surface area contributed by atoms with E-state index in [1.54, 1.807) is 14.0 Å². The first-order chi connectivity index (χ1) is 7.77. The number of para-hydroxylation sites is 2. The number of hydrogen-bond donors (Lipinski definition) is 1. The maximum Gasteiger partial charge on any atom is 0.332 e. The summed E-state index contributed by atoms with van der Waals surface area (Å²) in [6.07, 6.45) is 2.85. The smallest absolute Gasteiger partial charge is 0.332 e. The molecular weight excluding hydrogens is 206 g/mol. The van der Waals surface area contributed by atoms with Crippen LogP contribution in [0.1, 0.15) is 6.92 Å². The van der Waals surface area contributed by atoms with Crippen LogP contribution in [0.15, 0.2) is 36.5 Å². The topological polar surface area (TPSA) is 47.6 Å². The van der Waals surface area contributed by atoms with Gasteiger partial charge in [0.2, 0.25) is 0 Å². The van der Waals surface area contributed by atoms with Crippen LogP contribution in [0.3, 0.4) is 0 Å². The lowest BCUT2D eigenvalue weighted by Gasteiger charge is -2.06. The third-order valence-corrected chi connectivity index (χ3v) is 1.85. The van der Waals surface area contributed by atoms with Gasteiger partial charge in [0.05, 0.1) is 19.4 Å². The van der Waals surface area contributed by atoms with E-state index >= 15 is 0 Å². The van der Waals surface area contributed by atoms with Crippen LogP contribution < -0.4 is 10.1 Å². The normalized spacial score (nSPS) is 10.1. The standard InChI is InChI=1S/C12H15NO3/c1-3-16-12(14)8-9-13-10-6-4-5-7-11(10)15-2/h4-9,13H,3H2,1-2H3/b9-8+. The Labute approximate surface area is 94.9 Å². The van der Waals surface area contributed by atoms with Crippen molar-refractivity contribution in [3.8, 4) is 5.75 Å². The molecular formula is C12H15NO3. The first-order valence-corrected chi connectivity index (χ1v) is 5.00. The molecule has 1 N–H and O–H groups in total. The van der Waals surface area contributed by atoms with Crippen molar-refractivity contribution in [1.29, 1.82) is 0 Å². The van der Waals surface area contributed by atoms with E-state index in [1.807, 2.05) is 24.3 Å². The van der Waals surface area contributed by atoms with Crippen molar-refractivity contribution in [2.24, 2.45) is 0 Å². The summed E-state index contributed by atoms with van der Waals surface area (Å²) in [5.74, 6) is 0.348. The highest BCUT2D eigenvalue weighted by molar-refractivity contribution is 5.82. The molecule has 4 heteroatoms. The maximum atomic E-state index is 11.0. The Morgan fingerprint density at radius 1 is 1.44 bits per heavy atom. The maximum absolute atomic E-state index is 11.0. The number of anilines is 1. The molecule has 1 rings (SSSR count). The molecule has 0 aliphatic carbocycles. The molecule has 0 saturated carbocycles. The molecule has 4 nitrogen and oxygen atoms in total. The van der Waals surface area contributed by atoms with Gasteiger partial charge in [-0.05, 0) is 19.1 Å². The number of rotatable bonds is 5. The number of esters is 1. The third kappa shape index (κ3) is 3.65. The van der Waals surface area contributed by atoms with Crippen LogP contribution in [0, 0.1) is 0 Å². The zero-order chi connectivity index (χ0) is 11.8. The monoisotopic (exact) mass is 221 g/mol. The highest BCUT2D eigenvalue weighted by atomic mass is 16.5. The summed E-state index contributed by atoms with van der Waals surface area (Å²) < 4.78 is 9.88. The number of methoxy groups -OCH3 is 1. The van der Waals surface area contributed by atoms with E-state index in [4.69, 9.17) is 9.47 Å². The molecule has 0 aliphatic heterocycles. The Morgan fingerprint density at radius 2 is 2.19 bits per heavy atom. The number of carbonyl (C=O) groups is 1. The predicted octanol–water partition coefficient (Wildman–Crippen LogP) is 2.18. The van der Waals surface area contributed by atoms with Gasteiger partial charge in [0.15, 0.2) is 0 Å². The van der Waals surface area contributed by atoms with Crippen LogP contribution in [-0.4, -0.2) is 19.7 Å². The fourth-order valence-corrected chi connectivity index (χ4v) is 1.15. The molecule has 0 spiro atoms. The van der Waals surface area contributed by atoms with Gasteiger partial charge in [0, 0.05) is 12.3 Å². The van der Waals surface area contributed by atoms with E-state index in [0.29, 0.717) is 6.61 Å². The molecule has 0 fully saturated rings. The average molecular weight is 221 g/mol. The second-order valence-electron chi connectivity index (χ2n) is 2.93. The lowest BCUT2D eigenvalue weighted by atomic mass is 10.3. The van der Waals surface area contributed by atoms with Crippen LogP contribution in [-0.2, 0) is 9.53 Å². The highest BCUT2D eigenvalue weighted by Crippen LogP contribution is 2.22. The van der Waals surface area contributed by atoms with Gasteiger partial charge < -0.3 is 14.8 Å². The van der Waals surface area contributed by atoms with Crippen molar-refractivity contribution in [3.63, 3.8) is 0 Å². The van der Waals surface area contributed by atoms with Crippen molar-refractivity contribution in [1.82, 2.24) is 0 Å². The minimum atomic E-state index is -0.370. The average Bonchev–Trinajstić information content (AvgIpc) is 2.30. The van der Waals surface area contributed by atoms with Gasteiger partial charge in [0.25, 0.3) is 0 Å². The van der Waals surface area contributed by atoms with E-state index in [-0.39, 0.29) is 5.97 Å². The Kier molecular flexibility index (Phi) is 4.92. The van der Waals surface area contributed by atoms with E-state index in [1.165, 1.54) is 12.3 Å². The summed E-state index contributed by atoms with van der Waals surface area (Å²) in [5, 5.41) is 2.95. The molecule has 0 atom stereocenters. The fourth-order valence-electron chi connectivity index (χ4n) is 1.15. The van der Waals surface area contributed by atoms with Gasteiger partial charge in [-0.3, -0.25) is 0 Å². The number of ether oxygens (including phenoxy) is 2. The molecule has 0 aliphatic rings. The minimum absolute atomic E-state index is 0.370. The fraction of sp³-hybridized carbons (Fsp3) is 0.250. The van der Waals surface area contributed by atoms with E-state index < -0.39 is 0 Å². The van der Waals surface area contributed by atoms with Crippen molar-refractivity contribution in [3.05, 3.63) is 36.5 Å². The Balaban J connectivity index is 2.57.